The highest BCUT2D eigenvalue weighted by molar-refractivity contribution is 6.02. The van der Waals surface area contributed by atoms with Crippen molar-refractivity contribution in [3.05, 3.63) is 82.8 Å². The third kappa shape index (κ3) is 3.21. The van der Waals surface area contributed by atoms with E-state index >= 15 is 0 Å². The van der Waals surface area contributed by atoms with E-state index in [0.717, 1.165) is 17.5 Å². The molecule has 0 bridgehead atoms. The third-order valence-electron chi connectivity index (χ3n) is 6.33. The molecular weight excluding hydrogens is 408 g/mol. The van der Waals surface area contributed by atoms with Crippen molar-refractivity contribution in [2.45, 2.75) is 24.9 Å². The summed E-state index contributed by atoms with van der Waals surface area (Å²) >= 11 is 0. The molecule has 1 N–H and O–H groups in total. The number of methoxy groups -OCH3 is 2. The van der Waals surface area contributed by atoms with E-state index in [9.17, 15) is 9.59 Å². The topological polar surface area (TPSA) is 81.0 Å². The van der Waals surface area contributed by atoms with E-state index < -0.39 is 12.0 Å². The van der Waals surface area contributed by atoms with E-state index in [0.29, 0.717) is 34.9 Å². The Morgan fingerprint density at radius 1 is 1.09 bits per heavy atom. The molecule has 0 saturated heterocycles. The van der Waals surface area contributed by atoms with Crippen LogP contribution in [0.15, 0.2) is 59.2 Å². The summed E-state index contributed by atoms with van der Waals surface area (Å²) in [6, 6.07) is 14.7. The predicted octanol–water partition coefficient (Wildman–Crippen LogP) is 3.45. The number of hydrogen-bond acceptors (Lipinski definition) is 5. The summed E-state index contributed by atoms with van der Waals surface area (Å²) in [6.45, 7) is 0.823. The standard InChI is InChI=1S/C25H24N2O5/c1-30-20-12-18-19(13-21(20)31-2)25(29)27-10-9-15-6-3-4-8-17(15)23(27)22(18)24(28)26-14-16-7-5-11-32-16/h3-8,11-13,22-23H,9-10,14H2,1-2H3,(H,26,28)/t22-,23+/m0/s1. The Morgan fingerprint density at radius 2 is 1.88 bits per heavy atom. The van der Waals surface area contributed by atoms with Crippen LogP contribution in [-0.2, 0) is 17.8 Å². The molecule has 7 nitrogen and oxygen atoms in total. The Bertz CT molecular complexity index is 1170. The van der Waals surface area contributed by atoms with Crippen molar-refractivity contribution in [2.75, 3.05) is 20.8 Å². The van der Waals surface area contributed by atoms with E-state index in [1.165, 1.54) is 7.11 Å². The average molecular weight is 432 g/mol. The number of hydrogen-bond donors (Lipinski definition) is 1. The molecule has 2 amide bonds. The largest absolute Gasteiger partial charge is 0.493 e. The van der Waals surface area contributed by atoms with E-state index in [1.807, 2.05) is 29.2 Å². The maximum Gasteiger partial charge on any atom is 0.254 e. The molecule has 0 saturated carbocycles. The second-order valence-electron chi connectivity index (χ2n) is 7.96. The molecule has 0 fully saturated rings. The Balaban J connectivity index is 1.64. The van der Waals surface area contributed by atoms with Gasteiger partial charge in [0.05, 0.1) is 39.0 Å². The number of ether oxygens (including phenoxy) is 2. The van der Waals surface area contributed by atoms with Crippen LogP contribution in [0.1, 0.15) is 44.8 Å². The SMILES string of the molecule is COc1cc2c(cc1OC)[C@H](C(=O)NCc1ccco1)[C@H]1c3ccccc3CCN1C2=O. The number of benzene rings is 2. The molecule has 0 aliphatic carbocycles. The van der Waals surface area contributed by atoms with Gasteiger partial charge in [-0.05, 0) is 47.4 Å². The Morgan fingerprint density at radius 3 is 2.62 bits per heavy atom. The number of rotatable bonds is 5. The summed E-state index contributed by atoms with van der Waals surface area (Å²) in [6.07, 6.45) is 2.33. The highest BCUT2D eigenvalue weighted by Crippen LogP contribution is 2.48. The lowest BCUT2D eigenvalue weighted by molar-refractivity contribution is -0.124. The molecule has 0 radical (unpaired) electrons. The minimum Gasteiger partial charge on any atom is -0.493 e. The van der Waals surface area contributed by atoms with E-state index in [2.05, 4.69) is 11.4 Å². The summed E-state index contributed by atoms with van der Waals surface area (Å²) < 4.78 is 16.3. The molecule has 7 heteroatoms. The number of nitrogens with zero attached hydrogens (tertiary/aromatic N) is 1. The Kier molecular flexibility index (Phi) is 5.09. The van der Waals surface area contributed by atoms with Crippen LogP contribution in [0.4, 0.5) is 0 Å². The van der Waals surface area contributed by atoms with Gasteiger partial charge in [-0.1, -0.05) is 24.3 Å². The van der Waals surface area contributed by atoms with Crippen molar-refractivity contribution in [2.24, 2.45) is 0 Å². The van der Waals surface area contributed by atoms with Gasteiger partial charge in [0.25, 0.3) is 5.91 Å². The van der Waals surface area contributed by atoms with Gasteiger partial charge in [-0.15, -0.1) is 0 Å². The van der Waals surface area contributed by atoms with Gasteiger partial charge in [-0.3, -0.25) is 9.59 Å². The van der Waals surface area contributed by atoms with Gasteiger partial charge in [-0.2, -0.15) is 0 Å². The molecule has 1 aromatic heterocycles. The van der Waals surface area contributed by atoms with Crippen LogP contribution in [0.3, 0.4) is 0 Å². The first-order valence-electron chi connectivity index (χ1n) is 10.6. The smallest absolute Gasteiger partial charge is 0.254 e. The van der Waals surface area contributed by atoms with Gasteiger partial charge >= 0.3 is 0 Å². The zero-order chi connectivity index (χ0) is 22.2. The summed E-state index contributed by atoms with van der Waals surface area (Å²) in [5.74, 6) is 0.743. The number of carbonyl (C=O) groups excluding carboxylic acids is 2. The zero-order valence-electron chi connectivity index (χ0n) is 18.0. The van der Waals surface area contributed by atoms with Crippen molar-refractivity contribution in [1.82, 2.24) is 10.2 Å². The Labute approximate surface area is 185 Å². The summed E-state index contributed by atoms with van der Waals surface area (Å²) in [7, 11) is 3.08. The first kappa shape index (κ1) is 20.2. The van der Waals surface area contributed by atoms with Crippen LogP contribution in [0.25, 0.3) is 0 Å². The second kappa shape index (κ2) is 8.07. The normalized spacial score (nSPS) is 18.9. The van der Waals surface area contributed by atoms with Crippen LogP contribution < -0.4 is 14.8 Å². The molecule has 0 spiro atoms. The second-order valence-corrected chi connectivity index (χ2v) is 7.96. The molecule has 164 valence electrons. The summed E-state index contributed by atoms with van der Waals surface area (Å²) in [4.78, 5) is 29.0. The molecule has 3 aromatic rings. The lowest BCUT2D eigenvalue weighted by Gasteiger charge is -2.45. The quantitative estimate of drug-likeness (QED) is 0.668. The molecule has 2 aromatic carbocycles. The van der Waals surface area contributed by atoms with E-state index in [1.54, 1.807) is 31.6 Å². The fourth-order valence-electron chi connectivity index (χ4n) is 4.83. The maximum absolute atomic E-state index is 13.6. The van der Waals surface area contributed by atoms with Gasteiger partial charge in [0.2, 0.25) is 5.91 Å². The molecule has 2 atom stereocenters. The molecule has 5 rings (SSSR count). The number of fused-ring (bicyclic) bond motifs is 4. The zero-order valence-corrected chi connectivity index (χ0v) is 18.0. The molecule has 0 unspecified atom stereocenters. The van der Waals surface area contributed by atoms with Gasteiger partial charge < -0.3 is 24.1 Å². The van der Waals surface area contributed by atoms with Crippen molar-refractivity contribution >= 4 is 11.8 Å². The fourth-order valence-corrected chi connectivity index (χ4v) is 4.83. The van der Waals surface area contributed by atoms with E-state index in [4.69, 9.17) is 13.9 Å². The lowest BCUT2D eigenvalue weighted by Crippen LogP contribution is -2.50. The fraction of sp³-hybridized carbons (Fsp3) is 0.280. The van der Waals surface area contributed by atoms with Crippen LogP contribution in [-0.4, -0.2) is 37.5 Å². The first-order chi connectivity index (χ1) is 15.6. The third-order valence-corrected chi connectivity index (χ3v) is 6.33. The van der Waals surface area contributed by atoms with Crippen molar-refractivity contribution < 1.29 is 23.5 Å². The van der Waals surface area contributed by atoms with Gasteiger partial charge in [0.15, 0.2) is 11.5 Å². The summed E-state index contributed by atoms with van der Waals surface area (Å²) in [5.41, 5.74) is 3.28. The van der Waals surface area contributed by atoms with Gasteiger partial charge in [0, 0.05) is 12.1 Å². The number of carbonyl (C=O) groups is 2. The number of furan rings is 1. The summed E-state index contributed by atoms with van der Waals surface area (Å²) in [5, 5.41) is 3.00. The van der Waals surface area contributed by atoms with Crippen molar-refractivity contribution in [3.8, 4) is 11.5 Å². The van der Waals surface area contributed by atoms with Gasteiger partial charge in [-0.25, -0.2) is 0 Å². The minimum absolute atomic E-state index is 0.101. The number of nitrogens with one attached hydrogen (secondary N) is 1. The monoisotopic (exact) mass is 432 g/mol. The molecule has 3 heterocycles. The average Bonchev–Trinajstić information content (AvgIpc) is 3.35. The maximum atomic E-state index is 13.6. The van der Waals surface area contributed by atoms with Crippen molar-refractivity contribution in [3.63, 3.8) is 0 Å². The van der Waals surface area contributed by atoms with Crippen LogP contribution in [0.5, 0.6) is 11.5 Å². The Hall–Kier alpha value is -3.74. The van der Waals surface area contributed by atoms with Crippen molar-refractivity contribution in [1.29, 1.82) is 0 Å². The van der Waals surface area contributed by atoms with Crippen LogP contribution in [0, 0.1) is 0 Å². The molecule has 2 aliphatic heterocycles. The van der Waals surface area contributed by atoms with Crippen LogP contribution >= 0.6 is 0 Å². The molecular formula is C25H24N2O5. The highest BCUT2D eigenvalue weighted by Gasteiger charge is 2.46. The highest BCUT2D eigenvalue weighted by atomic mass is 16.5. The first-order valence-corrected chi connectivity index (χ1v) is 10.6. The lowest BCUT2D eigenvalue weighted by atomic mass is 9.75. The van der Waals surface area contributed by atoms with Gasteiger partial charge in [0.1, 0.15) is 5.76 Å². The molecule has 32 heavy (non-hydrogen) atoms. The minimum atomic E-state index is -0.598. The van der Waals surface area contributed by atoms with Crippen LogP contribution in [0.2, 0.25) is 0 Å². The molecule has 2 aliphatic rings. The van der Waals surface area contributed by atoms with E-state index in [-0.39, 0.29) is 18.4 Å². The number of amides is 2. The predicted molar refractivity (Wildman–Crippen MR) is 117 cm³/mol.